The number of hydrogen-bond acceptors (Lipinski definition) is 2. The molecule has 1 aliphatic carbocycles. The molecule has 0 aliphatic heterocycles. The third-order valence-electron chi connectivity index (χ3n) is 2.95. The molecule has 2 nitrogen and oxygen atoms in total. The van der Waals surface area contributed by atoms with Crippen LogP contribution in [0.15, 0.2) is 6.33 Å². The summed E-state index contributed by atoms with van der Waals surface area (Å²) in [5, 5.41) is 0. The van der Waals surface area contributed by atoms with E-state index in [2.05, 4.69) is 30.7 Å². The highest BCUT2D eigenvalue weighted by Gasteiger charge is 2.26. The average Bonchev–Trinajstić information content (AvgIpc) is 2.02. The van der Waals surface area contributed by atoms with E-state index in [4.69, 9.17) is 0 Å². The van der Waals surface area contributed by atoms with Gasteiger partial charge in [0.25, 0.3) is 0 Å². The van der Waals surface area contributed by atoms with E-state index in [-0.39, 0.29) is 0 Å². The number of nitrogens with zero attached hydrogens (tertiary/aromatic N) is 2. The van der Waals surface area contributed by atoms with Gasteiger partial charge in [-0.3, -0.25) is 0 Å². The van der Waals surface area contributed by atoms with E-state index < -0.39 is 0 Å². The Morgan fingerprint density at radius 3 is 2.85 bits per heavy atom. The predicted molar refractivity (Wildman–Crippen MR) is 52.6 cm³/mol. The molecule has 1 aromatic heterocycles. The SMILES string of the molecule is Cc1ncnc2c1CCC(C)(C)C2. The smallest absolute Gasteiger partial charge is 0.115 e. The summed E-state index contributed by atoms with van der Waals surface area (Å²) in [7, 11) is 0. The van der Waals surface area contributed by atoms with E-state index in [0.29, 0.717) is 5.41 Å². The topological polar surface area (TPSA) is 25.8 Å². The molecule has 13 heavy (non-hydrogen) atoms. The molecule has 0 bridgehead atoms. The van der Waals surface area contributed by atoms with Crippen LogP contribution in [0.5, 0.6) is 0 Å². The molecule has 0 N–H and O–H groups in total. The van der Waals surface area contributed by atoms with Crippen molar-refractivity contribution in [2.24, 2.45) is 5.41 Å². The molecule has 0 atom stereocenters. The Hall–Kier alpha value is -0.920. The Bertz CT molecular complexity index is 329. The summed E-state index contributed by atoms with van der Waals surface area (Å²) in [6.45, 7) is 6.71. The normalized spacial score (nSPS) is 19.6. The van der Waals surface area contributed by atoms with Crippen molar-refractivity contribution < 1.29 is 0 Å². The Kier molecular flexibility index (Phi) is 1.86. The van der Waals surface area contributed by atoms with E-state index in [1.165, 1.54) is 23.4 Å². The molecule has 0 amide bonds. The molecular weight excluding hydrogens is 160 g/mol. The van der Waals surface area contributed by atoms with Crippen LogP contribution < -0.4 is 0 Å². The first-order valence-electron chi connectivity index (χ1n) is 4.88. The average molecular weight is 176 g/mol. The van der Waals surface area contributed by atoms with Crippen LogP contribution in [0, 0.1) is 12.3 Å². The second kappa shape index (κ2) is 2.79. The standard InChI is InChI=1S/C11H16N2/c1-8-9-4-5-11(2,3)6-10(9)13-7-12-8/h7H,4-6H2,1-3H3. The zero-order valence-electron chi connectivity index (χ0n) is 8.59. The lowest BCUT2D eigenvalue weighted by molar-refractivity contribution is 0.309. The van der Waals surface area contributed by atoms with Gasteiger partial charge in [-0.25, -0.2) is 9.97 Å². The van der Waals surface area contributed by atoms with Gasteiger partial charge in [-0.1, -0.05) is 13.8 Å². The maximum absolute atomic E-state index is 4.36. The number of hydrogen-bond donors (Lipinski definition) is 0. The first kappa shape index (κ1) is 8.67. The van der Waals surface area contributed by atoms with Gasteiger partial charge >= 0.3 is 0 Å². The Balaban J connectivity index is 2.42. The molecule has 1 aliphatic rings. The lowest BCUT2D eigenvalue weighted by Crippen LogP contribution is -2.24. The van der Waals surface area contributed by atoms with Crippen molar-refractivity contribution in [2.75, 3.05) is 0 Å². The minimum Gasteiger partial charge on any atom is -0.241 e. The first-order valence-corrected chi connectivity index (χ1v) is 4.88. The van der Waals surface area contributed by atoms with Crippen molar-refractivity contribution in [3.8, 4) is 0 Å². The fourth-order valence-corrected chi connectivity index (χ4v) is 2.03. The highest BCUT2D eigenvalue weighted by molar-refractivity contribution is 5.27. The predicted octanol–water partition coefficient (Wildman–Crippen LogP) is 2.30. The summed E-state index contributed by atoms with van der Waals surface area (Å²) in [4.78, 5) is 8.59. The number of aryl methyl sites for hydroxylation is 1. The molecule has 2 heteroatoms. The Labute approximate surface area is 79.4 Å². The molecule has 0 radical (unpaired) electrons. The highest BCUT2D eigenvalue weighted by atomic mass is 14.8. The van der Waals surface area contributed by atoms with Gasteiger partial charge in [0.1, 0.15) is 6.33 Å². The van der Waals surface area contributed by atoms with Crippen LogP contribution in [0.2, 0.25) is 0 Å². The molecule has 0 fully saturated rings. The third-order valence-corrected chi connectivity index (χ3v) is 2.95. The number of fused-ring (bicyclic) bond motifs is 1. The molecular formula is C11H16N2. The molecule has 0 saturated heterocycles. The van der Waals surface area contributed by atoms with Crippen LogP contribution in [-0.4, -0.2) is 9.97 Å². The van der Waals surface area contributed by atoms with Gasteiger partial charge < -0.3 is 0 Å². The van der Waals surface area contributed by atoms with Crippen LogP contribution in [0.3, 0.4) is 0 Å². The summed E-state index contributed by atoms with van der Waals surface area (Å²) < 4.78 is 0. The molecule has 0 spiro atoms. The Morgan fingerprint density at radius 1 is 1.31 bits per heavy atom. The van der Waals surface area contributed by atoms with E-state index in [1.54, 1.807) is 6.33 Å². The minimum atomic E-state index is 0.424. The molecule has 0 unspecified atom stereocenters. The first-order chi connectivity index (χ1) is 6.08. The Morgan fingerprint density at radius 2 is 2.08 bits per heavy atom. The van der Waals surface area contributed by atoms with Crippen LogP contribution in [-0.2, 0) is 12.8 Å². The fraction of sp³-hybridized carbons (Fsp3) is 0.636. The molecule has 2 rings (SSSR count). The largest absolute Gasteiger partial charge is 0.241 e. The molecule has 1 heterocycles. The summed E-state index contributed by atoms with van der Waals surface area (Å²) in [6, 6.07) is 0. The second-order valence-electron chi connectivity index (χ2n) is 4.73. The highest BCUT2D eigenvalue weighted by Crippen LogP contribution is 2.33. The molecule has 0 saturated carbocycles. The minimum absolute atomic E-state index is 0.424. The van der Waals surface area contributed by atoms with Crippen LogP contribution in [0.4, 0.5) is 0 Å². The maximum Gasteiger partial charge on any atom is 0.115 e. The van der Waals surface area contributed by atoms with Crippen molar-refractivity contribution >= 4 is 0 Å². The van der Waals surface area contributed by atoms with Crippen LogP contribution >= 0.6 is 0 Å². The van der Waals surface area contributed by atoms with Gasteiger partial charge in [-0.15, -0.1) is 0 Å². The van der Waals surface area contributed by atoms with Gasteiger partial charge in [0.05, 0.1) is 0 Å². The van der Waals surface area contributed by atoms with E-state index in [1.807, 2.05) is 0 Å². The van der Waals surface area contributed by atoms with Crippen molar-refractivity contribution in [3.05, 3.63) is 23.3 Å². The quantitative estimate of drug-likeness (QED) is 0.606. The van der Waals surface area contributed by atoms with E-state index >= 15 is 0 Å². The lowest BCUT2D eigenvalue weighted by atomic mass is 9.76. The number of aromatic nitrogens is 2. The summed E-state index contributed by atoms with van der Waals surface area (Å²) in [5.41, 5.74) is 4.25. The zero-order chi connectivity index (χ0) is 9.47. The maximum atomic E-state index is 4.36. The van der Waals surface area contributed by atoms with Crippen molar-refractivity contribution in [3.63, 3.8) is 0 Å². The van der Waals surface area contributed by atoms with Gasteiger partial charge in [0.2, 0.25) is 0 Å². The van der Waals surface area contributed by atoms with E-state index in [0.717, 1.165) is 12.8 Å². The monoisotopic (exact) mass is 176 g/mol. The summed E-state index contributed by atoms with van der Waals surface area (Å²) >= 11 is 0. The van der Waals surface area contributed by atoms with Crippen molar-refractivity contribution in [1.29, 1.82) is 0 Å². The van der Waals surface area contributed by atoms with Gasteiger partial charge in [0.15, 0.2) is 0 Å². The van der Waals surface area contributed by atoms with E-state index in [9.17, 15) is 0 Å². The molecule has 1 aromatic rings. The van der Waals surface area contributed by atoms with Gasteiger partial charge in [0, 0.05) is 11.4 Å². The van der Waals surface area contributed by atoms with Crippen LogP contribution in [0.25, 0.3) is 0 Å². The summed E-state index contributed by atoms with van der Waals surface area (Å²) in [5.74, 6) is 0. The number of rotatable bonds is 0. The third kappa shape index (κ3) is 1.58. The fourth-order valence-electron chi connectivity index (χ4n) is 2.03. The van der Waals surface area contributed by atoms with Gasteiger partial charge in [-0.2, -0.15) is 0 Å². The van der Waals surface area contributed by atoms with Crippen molar-refractivity contribution in [1.82, 2.24) is 9.97 Å². The van der Waals surface area contributed by atoms with Crippen LogP contribution in [0.1, 0.15) is 37.2 Å². The summed E-state index contributed by atoms with van der Waals surface area (Å²) in [6.07, 6.45) is 5.20. The molecule has 70 valence electrons. The lowest BCUT2D eigenvalue weighted by Gasteiger charge is -2.30. The zero-order valence-corrected chi connectivity index (χ0v) is 8.59. The second-order valence-corrected chi connectivity index (χ2v) is 4.73. The van der Waals surface area contributed by atoms with Crippen molar-refractivity contribution in [2.45, 2.75) is 40.0 Å². The molecule has 0 aromatic carbocycles. The van der Waals surface area contributed by atoms with Gasteiger partial charge in [-0.05, 0) is 37.2 Å².